The molecule has 0 unspecified atom stereocenters. The summed E-state index contributed by atoms with van der Waals surface area (Å²) < 4.78 is 22.9. The monoisotopic (exact) mass is 506 g/mol. The maximum atomic E-state index is 5.87. The Morgan fingerprint density at radius 3 is 1.50 bits per heavy atom. The van der Waals surface area contributed by atoms with Crippen molar-refractivity contribution in [2.45, 2.75) is 0 Å². The van der Waals surface area contributed by atoms with Crippen molar-refractivity contribution < 1.29 is 18.9 Å². The molecule has 0 saturated heterocycles. The highest BCUT2D eigenvalue weighted by atomic mass is 16.5. The number of nitrogens with zero attached hydrogens (tertiary/aromatic N) is 2. The average molecular weight is 507 g/mol. The van der Waals surface area contributed by atoms with Crippen LogP contribution in [0.4, 0.5) is 0 Å². The third kappa shape index (κ3) is 4.06. The molecule has 3 aromatic heterocycles. The van der Waals surface area contributed by atoms with E-state index >= 15 is 0 Å². The molecule has 0 spiro atoms. The van der Waals surface area contributed by atoms with E-state index in [4.69, 9.17) is 28.9 Å². The molecule has 0 atom stereocenters. The molecule has 0 saturated carbocycles. The number of nitrogens with one attached hydrogen (secondary N) is 2. The largest absolute Gasteiger partial charge is 0.493 e. The molecule has 0 radical (unpaired) electrons. The number of benzene rings is 1. The number of methoxy groups -OCH3 is 4. The first-order valence-electron chi connectivity index (χ1n) is 12.0. The second kappa shape index (κ2) is 9.48. The summed E-state index contributed by atoms with van der Waals surface area (Å²) in [7, 11) is 6.32. The summed E-state index contributed by atoms with van der Waals surface area (Å²) in [5.41, 5.74) is 8.48. The Kier molecular flexibility index (Phi) is 5.84. The summed E-state index contributed by atoms with van der Waals surface area (Å²) >= 11 is 0. The molecular formula is C30H26N4O4. The van der Waals surface area contributed by atoms with Crippen LogP contribution in [0.1, 0.15) is 22.8 Å². The van der Waals surface area contributed by atoms with E-state index in [0.29, 0.717) is 23.0 Å². The standard InChI is InChI=1S/C30H26N4O4/c1-35-26-16-23(28(36-2)30(38-4)29(26)37-3)27-24-11-9-21(33-24)14-19-7-5-17(31-19)13-18-6-8-20(32-18)15-22-10-12-25(27)34-22/h5-16,31-32H,1-4H3. The minimum Gasteiger partial charge on any atom is -0.493 e. The third-order valence-corrected chi connectivity index (χ3v) is 6.47. The molecular weight excluding hydrogens is 480 g/mol. The van der Waals surface area contributed by atoms with Gasteiger partial charge in [-0.05, 0) is 72.8 Å². The van der Waals surface area contributed by atoms with E-state index in [1.807, 2.05) is 66.8 Å². The van der Waals surface area contributed by atoms with Crippen LogP contribution in [0, 0.1) is 0 Å². The van der Waals surface area contributed by atoms with Gasteiger partial charge in [0.1, 0.15) is 0 Å². The molecule has 2 N–H and O–H groups in total. The van der Waals surface area contributed by atoms with Crippen LogP contribution in [-0.4, -0.2) is 48.4 Å². The summed E-state index contributed by atoms with van der Waals surface area (Å²) in [6, 6.07) is 16.1. The van der Waals surface area contributed by atoms with Gasteiger partial charge < -0.3 is 28.9 Å². The number of rotatable bonds is 5. The van der Waals surface area contributed by atoms with Gasteiger partial charge in [0.05, 0.1) is 51.2 Å². The lowest BCUT2D eigenvalue weighted by Crippen LogP contribution is -2.01. The van der Waals surface area contributed by atoms with Crippen LogP contribution < -0.4 is 18.9 Å². The van der Waals surface area contributed by atoms with Crippen molar-refractivity contribution in [2.24, 2.45) is 0 Å². The van der Waals surface area contributed by atoms with E-state index in [0.717, 1.165) is 56.0 Å². The number of aromatic nitrogens is 4. The first kappa shape index (κ1) is 23.4. The number of fused-ring (bicyclic) bond motifs is 8. The van der Waals surface area contributed by atoms with Crippen LogP contribution in [-0.2, 0) is 0 Å². The normalized spacial score (nSPS) is 12.0. The Morgan fingerprint density at radius 1 is 0.526 bits per heavy atom. The Hall–Kier alpha value is -4.98. The van der Waals surface area contributed by atoms with Gasteiger partial charge in [0, 0.05) is 33.2 Å². The van der Waals surface area contributed by atoms with Crippen LogP contribution in [0.3, 0.4) is 0 Å². The molecule has 190 valence electrons. The van der Waals surface area contributed by atoms with Crippen molar-refractivity contribution in [1.29, 1.82) is 0 Å². The van der Waals surface area contributed by atoms with Gasteiger partial charge in [-0.3, -0.25) is 0 Å². The van der Waals surface area contributed by atoms with Crippen LogP contribution >= 0.6 is 0 Å². The van der Waals surface area contributed by atoms with Gasteiger partial charge >= 0.3 is 0 Å². The average Bonchev–Trinajstić information content (AvgIpc) is 3.74. The SMILES string of the molecule is COc1cc(-c2c3nc(cc4ccc(cc5ccc(cc6nc2C=C6)[nH]5)[nH]4)C=C3)c(OC)c(OC)c1OC. The predicted octanol–water partition coefficient (Wildman–Crippen LogP) is 6.36. The zero-order chi connectivity index (χ0) is 26.2. The predicted molar refractivity (Wildman–Crippen MR) is 151 cm³/mol. The van der Waals surface area contributed by atoms with Crippen molar-refractivity contribution in [3.8, 4) is 34.1 Å². The van der Waals surface area contributed by atoms with E-state index in [2.05, 4.69) is 16.0 Å². The topological polar surface area (TPSA) is 94.3 Å². The van der Waals surface area contributed by atoms with E-state index in [9.17, 15) is 0 Å². The lowest BCUT2D eigenvalue weighted by atomic mass is 9.99. The highest BCUT2D eigenvalue weighted by Crippen LogP contribution is 2.51. The molecule has 1 aromatic carbocycles. The second-order valence-corrected chi connectivity index (χ2v) is 8.78. The van der Waals surface area contributed by atoms with E-state index in [1.54, 1.807) is 28.4 Å². The lowest BCUT2D eigenvalue weighted by molar-refractivity contribution is 0.306. The van der Waals surface area contributed by atoms with Gasteiger partial charge in [-0.2, -0.15) is 0 Å². The van der Waals surface area contributed by atoms with Crippen molar-refractivity contribution in [3.05, 3.63) is 71.3 Å². The molecule has 8 bridgehead atoms. The summed E-state index contributed by atoms with van der Waals surface area (Å²) in [6.45, 7) is 0. The van der Waals surface area contributed by atoms with Gasteiger partial charge in [-0.1, -0.05) is 0 Å². The molecule has 8 nitrogen and oxygen atoms in total. The van der Waals surface area contributed by atoms with E-state index < -0.39 is 0 Å². The molecule has 2 aliphatic rings. The van der Waals surface area contributed by atoms with Crippen LogP contribution in [0.15, 0.2) is 48.5 Å². The minimum atomic E-state index is 0.426. The number of ether oxygens (including phenoxy) is 4. The first-order valence-corrected chi connectivity index (χ1v) is 12.0. The van der Waals surface area contributed by atoms with Crippen molar-refractivity contribution in [2.75, 3.05) is 28.4 Å². The summed E-state index contributed by atoms with van der Waals surface area (Å²) in [5, 5.41) is 0. The molecule has 5 heterocycles. The number of H-pyrrole nitrogens is 2. The number of aromatic amines is 2. The summed E-state index contributed by atoms with van der Waals surface area (Å²) in [6.07, 6.45) is 7.92. The maximum absolute atomic E-state index is 5.87. The fourth-order valence-electron chi connectivity index (χ4n) is 4.80. The zero-order valence-electron chi connectivity index (χ0n) is 21.5. The Balaban J connectivity index is 1.74. The Morgan fingerprint density at radius 2 is 1.03 bits per heavy atom. The smallest absolute Gasteiger partial charge is 0.207 e. The van der Waals surface area contributed by atoms with Gasteiger partial charge in [-0.15, -0.1) is 0 Å². The number of hydrogen-bond acceptors (Lipinski definition) is 6. The zero-order valence-corrected chi connectivity index (χ0v) is 21.5. The quantitative estimate of drug-likeness (QED) is 0.283. The van der Waals surface area contributed by atoms with Gasteiger partial charge in [0.15, 0.2) is 11.5 Å². The molecule has 0 amide bonds. The Labute approximate surface area is 219 Å². The summed E-state index contributed by atoms with van der Waals surface area (Å²) in [4.78, 5) is 16.8. The number of hydrogen-bond donors (Lipinski definition) is 2. The molecule has 0 aliphatic carbocycles. The lowest BCUT2D eigenvalue weighted by Gasteiger charge is -2.19. The molecule has 8 heteroatoms. The van der Waals surface area contributed by atoms with E-state index in [1.165, 1.54) is 0 Å². The fourth-order valence-corrected chi connectivity index (χ4v) is 4.80. The van der Waals surface area contributed by atoms with Gasteiger partial charge in [-0.25, -0.2) is 9.97 Å². The highest BCUT2D eigenvalue weighted by molar-refractivity contribution is 5.92. The molecule has 0 fully saturated rings. The molecule has 38 heavy (non-hydrogen) atoms. The van der Waals surface area contributed by atoms with E-state index in [-0.39, 0.29) is 0 Å². The minimum absolute atomic E-state index is 0.426. The third-order valence-electron chi connectivity index (χ3n) is 6.47. The van der Waals surface area contributed by atoms with Crippen LogP contribution in [0.25, 0.3) is 57.5 Å². The van der Waals surface area contributed by atoms with Crippen molar-refractivity contribution in [1.82, 2.24) is 19.9 Å². The van der Waals surface area contributed by atoms with Crippen molar-refractivity contribution in [3.63, 3.8) is 0 Å². The first-order chi connectivity index (χ1) is 18.6. The maximum Gasteiger partial charge on any atom is 0.207 e. The van der Waals surface area contributed by atoms with Gasteiger partial charge in [0.25, 0.3) is 0 Å². The second-order valence-electron chi connectivity index (χ2n) is 8.78. The molecule has 4 aromatic rings. The van der Waals surface area contributed by atoms with Crippen LogP contribution in [0.5, 0.6) is 23.0 Å². The molecule has 6 rings (SSSR count). The van der Waals surface area contributed by atoms with Gasteiger partial charge in [0.2, 0.25) is 11.5 Å². The van der Waals surface area contributed by atoms with Crippen molar-refractivity contribution >= 4 is 46.4 Å². The Bertz CT molecular complexity index is 1690. The fraction of sp³-hybridized carbons (Fsp3) is 0.133. The van der Waals surface area contributed by atoms with Crippen LogP contribution in [0.2, 0.25) is 0 Å². The highest BCUT2D eigenvalue weighted by Gasteiger charge is 2.26. The molecule has 2 aliphatic heterocycles. The summed E-state index contributed by atoms with van der Waals surface area (Å²) in [5.74, 6) is 1.87.